The highest BCUT2D eigenvalue weighted by Gasteiger charge is 2.16. The first-order chi connectivity index (χ1) is 11.0. The van der Waals surface area contributed by atoms with Gasteiger partial charge in [-0.15, -0.1) is 11.3 Å². The minimum absolute atomic E-state index is 0.0967. The van der Waals surface area contributed by atoms with E-state index < -0.39 is 0 Å². The number of aromatic nitrogens is 1. The number of aryl methyl sites for hydroxylation is 1. The molecule has 0 saturated carbocycles. The van der Waals surface area contributed by atoms with Crippen LogP contribution in [0.25, 0.3) is 10.6 Å². The molecule has 0 fully saturated rings. The summed E-state index contributed by atoms with van der Waals surface area (Å²) in [6, 6.07) is 6.15. The number of hydrogen-bond donors (Lipinski definition) is 1. The molecule has 0 bridgehead atoms. The van der Waals surface area contributed by atoms with Crippen LogP contribution in [-0.2, 0) is 0 Å². The zero-order valence-corrected chi connectivity index (χ0v) is 14.5. The smallest absolute Gasteiger partial charge is 0.263 e. The maximum Gasteiger partial charge on any atom is 0.263 e. The zero-order chi connectivity index (χ0) is 16.8. The zero-order valence-electron chi connectivity index (χ0n) is 13.7. The topological polar surface area (TPSA) is 45.2 Å². The Balaban J connectivity index is 2.02. The first-order valence-corrected chi connectivity index (χ1v) is 8.60. The van der Waals surface area contributed by atoms with Gasteiger partial charge in [0.15, 0.2) is 0 Å². The number of halogens is 1. The number of benzene rings is 1. The molecule has 1 amide bonds. The maximum atomic E-state index is 13.0. The van der Waals surface area contributed by atoms with Crippen molar-refractivity contribution < 1.29 is 9.18 Å². The summed E-state index contributed by atoms with van der Waals surface area (Å²) in [5.41, 5.74) is 1.52. The summed E-state index contributed by atoms with van der Waals surface area (Å²) in [4.78, 5) is 19.6. The average molecular weight is 335 g/mol. The first kappa shape index (κ1) is 17.6. The summed E-state index contributed by atoms with van der Waals surface area (Å²) < 4.78 is 13.0. The van der Waals surface area contributed by atoms with Crippen LogP contribution in [0, 0.1) is 12.7 Å². The van der Waals surface area contributed by atoms with Gasteiger partial charge in [-0.05, 0) is 44.3 Å². The van der Waals surface area contributed by atoms with Gasteiger partial charge in [0.2, 0.25) is 0 Å². The van der Waals surface area contributed by atoms with E-state index in [-0.39, 0.29) is 11.7 Å². The molecular formula is C17H22FN3OS. The molecular weight excluding hydrogens is 313 g/mol. The molecule has 1 aromatic carbocycles. The van der Waals surface area contributed by atoms with E-state index in [1.165, 1.54) is 23.5 Å². The molecule has 0 aliphatic rings. The van der Waals surface area contributed by atoms with Crippen molar-refractivity contribution in [2.24, 2.45) is 0 Å². The lowest BCUT2D eigenvalue weighted by Crippen LogP contribution is -2.34. The molecule has 2 rings (SSSR count). The number of thiazole rings is 1. The van der Waals surface area contributed by atoms with Crippen LogP contribution in [0.15, 0.2) is 24.3 Å². The third kappa shape index (κ3) is 4.59. The average Bonchev–Trinajstić information content (AvgIpc) is 2.94. The third-order valence-corrected chi connectivity index (χ3v) is 4.91. The predicted molar refractivity (Wildman–Crippen MR) is 92.4 cm³/mol. The van der Waals surface area contributed by atoms with E-state index in [0.29, 0.717) is 17.1 Å². The van der Waals surface area contributed by atoms with E-state index in [9.17, 15) is 9.18 Å². The second-order valence-corrected chi connectivity index (χ2v) is 6.22. The molecule has 6 heteroatoms. The number of carbonyl (C=O) groups excluding carboxylic acids is 1. The molecule has 4 nitrogen and oxygen atoms in total. The Kier molecular flexibility index (Phi) is 6.24. The summed E-state index contributed by atoms with van der Waals surface area (Å²) in [7, 11) is 0. The normalized spacial score (nSPS) is 11.0. The van der Waals surface area contributed by atoms with Crippen LogP contribution in [-0.4, -0.2) is 42.0 Å². The standard InChI is InChI=1S/C17H22FN3OS/c1-4-21(5-2)11-10-19-16(22)15-12(3)20-17(23-15)13-6-8-14(18)9-7-13/h6-9H,4-5,10-11H2,1-3H3,(H,19,22). The molecule has 2 aromatic rings. The SMILES string of the molecule is CCN(CC)CCNC(=O)c1sc(-c2ccc(F)cc2)nc1C. The fourth-order valence-corrected chi connectivity index (χ4v) is 3.26. The minimum atomic E-state index is -0.281. The minimum Gasteiger partial charge on any atom is -0.350 e. The van der Waals surface area contributed by atoms with E-state index in [2.05, 4.69) is 29.0 Å². The molecule has 1 heterocycles. The van der Waals surface area contributed by atoms with E-state index in [0.717, 1.165) is 30.2 Å². The quantitative estimate of drug-likeness (QED) is 0.844. The second kappa shape index (κ2) is 8.17. The van der Waals surface area contributed by atoms with Crippen LogP contribution >= 0.6 is 11.3 Å². The molecule has 0 unspecified atom stereocenters. The van der Waals surface area contributed by atoms with Crippen LogP contribution in [0.3, 0.4) is 0 Å². The fraction of sp³-hybridized carbons (Fsp3) is 0.412. The molecule has 1 N–H and O–H groups in total. The molecule has 0 saturated heterocycles. The second-order valence-electron chi connectivity index (χ2n) is 5.22. The molecule has 23 heavy (non-hydrogen) atoms. The van der Waals surface area contributed by atoms with Gasteiger partial charge in [-0.2, -0.15) is 0 Å². The molecule has 0 aliphatic carbocycles. The number of nitrogens with zero attached hydrogens (tertiary/aromatic N) is 2. The van der Waals surface area contributed by atoms with Crippen molar-refractivity contribution in [1.29, 1.82) is 0 Å². The Morgan fingerprint density at radius 1 is 1.26 bits per heavy atom. The van der Waals surface area contributed by atoms with Gasteiger partial charge < -0.3 is 10.2 Å². The van der Waals surface area contributed by atoms with E-state index >= 15 is 0 Å². The summed E-state index contributed by atoms with van der Waals surface area (Å²) in [6.45, 7) is 9.43. The van der Waals surface area contributed by atoms with Crippen LogP contribution in [0.5, 0.6) is 0 Å². The van der Waals surface area contributed by atoms with Gasteiger partial charge in [0.05, 0.1) is 5.69 Å². The summed E-state index contributed by atoms with van der Waals surface area (Å²) >= 11 is 1.34. The summed E-state index contributed by atoms with van der Waals surface area (Å²) in [5.74, 6) is -0.378. The van der Waals surface area contributed by atoms with Crippen molar-refractivity contribution in [2.75, 3.05) is 26.2 Å². The molecule has 0 spiro atoms. The Hall–Kier alpha value is -1.79. The van der Waals surface area contributed by atoms with Gasteiger partial charge in [-0.1, -0.05) is 13.8 Å². The highest BCUT2D eigenvalue weighted by atomic mass is 32.1. The van der Waals surface area contributed by atoms with Gasteiger partial charge in [0.1, 0.15) is 15.7 Å². The summed E-state index contributed by atoms with van der Waals surface area (Å²) in [6.07, 6.45) is 0. The van der Waals surface area contributed by atoms with Crippen molar-refractivity contribution in [2.45, 2.75) is 20.8 Å². The Morgan fingerprint density at radius 2 is 1.91 bits per heavy atom. The van der Waals surface area contributed by atoms with Crippen LogP contribution in [0.1, 0.15) is 29.2 Å². The third-order valence-electron chi connectivity index (χ3n) is 3.70. The lowest BCUT2D eigenvalue weighted by Gasteiger charge is -2.17. The highest BCUT2D eigenvalue weighted by molar-refractivity contribution is 7.17. The first-order valence-electron chi connectivity index (χ1n) is 7.79. The summed E-state index contributed by atoms with van der Waals surface area (Å²) in [5, 5.41) is 3.68. The number of likely N-dealkylation sites (N-methyl/N-ethyl adjacent to an activating group) is 1. The lowest BCUT2D eigenvalue weighted by atomic mass is 10.2. The Bertz CT molecular complexity index is 650. The van der Waals surface area contributed by atoms with E-state index in [4.69, 9.17) is 0 Å². The Morgan fingerprint density at radius 3 is 2.52 bits per heavy atom. The molecule has 0 aliphatic heterocycles. The van der Waals surface area contributed by atoms with Gasteiger partial charge in [0.25, 0.3) is 5.91 Å². The van der Waals surface area contributed by atoms with Gasteiger partial charge >= 0.3 is 0 Å². The van der Waals surface area contributed by atoms with Crippen LogP contribution < -0.4 is 5.32 Å². The molecule has 0 radical (unpaired) electrons. The monoisotopic (exact) mass is 335 g/mol. The molecule has 0 atom stereocenters. The van der Waals surface area contributed by atoms with Gasteiger partial charge in [-0.25, -0.2) is 9.37 Å². The van der Waals surface area contributed by atoms with Crippen molar-refractivity contribution in [3.63, 3.8) is 0 Å². The molecule has 124 valence electrons. The predicted octanol–water partition coefficient (Wildman–Crippen LogP) is 3.33. The van der Waals surface area contributed by atoms with Crippen LogP contribution in [0.4, 0.5) is 4.39 Å². The maximum absolute atomic E-state index is 13.0. The lowest BCUT2D eigenvalue weighted by molar-refractivity contribution is 0.0952. The number of hydrogen-bond acceptors (Lipinski definition) is 4. The van der Waals surface area contributed by atoms with E-state index in [1.54, 1.807) is 12.1 Å². The van der Waals surface area contributed by atoms with Gasteiger partial charge in [0, 0.05) is 18.7 Å². The van der Waals surface area contributed by atoms with E-state index in [1.807, 2.05) is 6.92 Å². The molecule has 1 aromatic heterocycles. The van der Waals surface area contributed by atoms with Gasteiger partial charge in [-0.3, -0.25) is 4.79 Å². The van der Waals surface area contributed by atoms with Crippen molar-refractivity contribution in [3.05, 3.63) is 40.7 Å². The van der Waals surface area contributed by atoms with Crippen molar-refractivity contribution >= 4 is 17.2 Å². The number of rotatable bonds is 7. The van der Waals surface area contributed by atoms with Crippen molar-refractivity contribution in [3.8, 4) is 10.6 Å². The highest BCUT2D eigenvalue weighted by Crippen LogP contribution is 2.27. The number of nitrogens with one attached hydrogen (secondary N) is 1. The number of carbonyl (C=O) groups is 1. The Labute approximate surface area is 140 Å². The van der Waals surface area contributed by atoms with Crippen LogP contribution in [0.2, 0.25) is 0 Å². The van der Waals surface area contributed by atoms with Crippen molar-refractivity contribution in [1.82, 2.24) is 15.2 Å². The number of amides is 1. The fourth-order valence-electron chi connectivity index (χ4n) is 2.27. The largest absolute Gasteiger partial charge is 0.350 e.